The maximum atomic E-state index is 9.23. The van der Waals surface area contributed by atoms with Crippen LogP contribution in [0.4, 0.5) is 0 Å². The first-order chi connectivity index (χ1) is 7.75. The lowest BCUT2D eigenvalue weighted by Crippen LogP contribution is -2.60. The van der Waals surface area contributed by atoms with E-state index in [1.807, 2.05) is 0 Å². The summed E-state index contributed by atoms with van der Waals surface area (Å²) in [7, 11) is 0. The van der Waals surface area contributed by atoms with E-state index >= 15 is 0 Å². The van der Waals surface area contributed by atoms with Crippen molar-refractivity contribution in [3.8, 4) is 0 Å². The van der Waals surface area contributed by atoms with E-state index in [1.165, 1.54) is 38.5 Å². The molecule has 4 aliphatic rings. The number of aliphatic hydroxyl groups excluding tert-OH is 1. The molecule has 0 aromatic carbocycles. The van der Waals surface area contributed by atoms with Crippen molar-refractivity contribution in [1.29, 1.82) is 0 Å². The first-order valence-corrected chi connectivity index (χ1v) is 7.11. The molecule has 4 aliphatic carbocycles. The normalized spacial score (nSPS) is 45.6. The van der Waals surface area contributed by atoms with E-state index in [-0.39, 0.29) is 0 Å². The molecule has 0 spiro atoms. The second-order valence-corrected chi connectivity index (χ2v) is 6.45. The largest absolute Gasteiger partial charge is 0.395 e. The standard InChI is InChI=1S/C14H25NO/c1-2-15(3-4-16)14-8-11-5-12(9-14)7-13(6-11)10-14/h11-13,16H,2-10H2,1H3. The van der Waals surface area contributed by atoms with Gasteiger partial charge in [-0.05, 0) is 62.8 Å². The second kappa shape index (κ2) is 3.99. The second-order valence-electron chi connectivity index (χ2n) is 6.45. The van der Waals surface area contributed by atoms with E-state index in [1.54, 1.807) is 0 Å². The number of nitrogens with zero attached hydrogens (tertiary/aromatic N) is 1. The van der Waals surface area contributed by atoms with Crippen molar-refractivity contribution in [1.82, 2.24) is 4.90 Å². The Bertz CT molecular complexity index is 228. The minimum Gasteiger partial charge on any atom is -0.395 e. The minimum absolute atomic E-state index is 0.329. The van der Waals surface area contributed by atoms with Crippen LogP contribution in [0.2, 0.25) is 0 Å². The molecule has 0 aliphatic heterocycles. The Morgan fingerprint density at radius 3 is 1.94 bits per heavy atom. The Kier molecular flexibility index (Phi) is 2.75. The molecule has 2 nitrogen and oxygen atoms in total. The maximum absolute atomic E-state index is 9.23. The van der Waals surface area contributed by atoms with Crippen molar-refractivity contribution in [3.63, 3.8) is 0 Å². The van der Waals surface area contributed by atoms with Gasteiger partial charge >= 0.3 is 0 Å². The van der Waals surface area contributed by atoms with Crippen molar-refractivity contribution in [3.05, 3.63) is 0 Å². The van der Waals surface area contributed by atoms with Crippen LogP contribution in [0.5, 0.6) is 0 Å². The monoisotopic (exact) mass is 223 g/mol. The number of hydrogen-bond acceptors (Lipinski definition) is 2. The summed E-state index contributed by atoms with van der Waals surface area (Å²) in [5.74, 6) is 3.04. The lowest BCUT2D eigenvalue weighted by atomic mass is 9.52. The van der Waals surface area contributed by atoms with Gasteiger partial charge in [-0.3, -0.25) is 4.90 Å². The number of likely N-dealkylation sites (N-methyl/N-ethyl adjacent to an activating group) is 1. The molecule has 4 fully saturated rings. The Morgan fingerprint density at radius 1 is 1.06 bits per heavy atom. The average Bonchev–Trinajstić information content (AvgIpc) is 2.23. The molecule has 4 rings (SSSR count). The SMILES string of the molecule is CCN(CCO)C12CC3CC(CC(C3)C1)C2. The number of rotatable bonds is 4. The predicted octanol–water partition coefficient (Wildman–Crippen LogP) is 2.27. The zero-order valence-electron chi connectivity index (χ0n) is 10.5. The third-order valence-electron chi connectivity index (χ3n) is 5.43. The summed E-state index contributed by atoms with van der Waals surface area (Å²) in [5.41, 5.74) is 0.492. The van der Waals surface area contributed by atoms with Crippen LogP contribution < -0.4 is 0 Å². The highest BCUT2D eigenvalue weighted by molar-refractivity contribution is 5.07. The van der Waals surface area contributed by atoms with Crippen LogP contribution in [-0.2, 0) is 0 Å². The smallest absolute Gasteiger partial charge is 0.0558 e. The van der Waals surface area contributed by atoms with Gasteiger partial charge in [-0.1, -0.05) is 6.92 Å². The molecule has 0 aromatic heterocycles. The molecule has 4 saturated carbocycles. The molecule has 0 radical (unpaired) electrons. The first kappa shape index (κ1) is 11.0. The van der Waals surface area contributed by atoms with Gasteiger partial charge in [0.05, 0.1) is 6.61 Å². The molecule has 0 saturated heterocycles. The summed E-state index contributed by atoms with van der Waals surface area (Å²) in [4.78, 5) is 2.59. The van der Waals surface area contributed by atoms with Gasteiger partial charge in [0.25, 0.3) is 0 Å². The molecule has 2 heteroatoms. The summed E-state index contributed by atoms with van der Waals surface area (Å²) >= 11 is 0. The predicted molar refractivity (Wildman–Crippen MR) is 65.2 cm³/mol. The Balaban J connectivity index is 1.81. The summed E-state index contributed by atoms with van der Waals surface area (Å²) in [6.07, 6.45) is 8.80. The summed E-state index contributed by atoms with van der Waals surface area (Å²) < 4.78 is 0. The highest BCUT2D eigenvalue weighted by atomic mass is 16.3. The van der Waals surface area contributed by atoms with Gasteiger partial charge in [0, 0.05) is 12.1 Å². The third kappa shape index (κ3) is 1.62. The molecule has 1 N–H and O–H groups in total. The lowest BCUT2D eigenvalue weighted by molar-refractivity contribution is -0.0903. The average molecular weight is 223 g/mol. The summed E-state index contributed by atoms with van der Waals surface area (Å²) in [5, 5.41) is 9.23. The molecule has 0 aromatic rings. The van der Waals surface area contributed by atoms with Crippen LogP contribution in [0.1, 0.15) is 45.4 Å². The van der Waals surface area contributed by atoms with Gasteiger partial charge in [0.2, 0.25) is 0 Å². The lowest BCUT2D eigenvalue weighted by Gasteiger charge is -2.60. The van der Waals surface area contributed by atoms with Crippen molar-refractivity contribution in [2.24, 2.45) is 17.8 Å². The van der Waals surface area contributed by atoms with Gasteiger partial charge in [-0.2, -0.15) is 0 Å². The van der Waals surface area contributed by atoms with Gasteiger partial charge in [0.1, 0.15) is 0 Å². The zero-order chi connectivity index (χ0) is 11.2. The molecule has 4 bridgehead atoms. The fourth-order valence-electron chi connectivity index (χ4n) is 5.30. The van der Waals surface area contributed by atoms with Gasteiger partial charge in [-0.15, -0.1) is 0 Å². The molecule has 16 heavy (non-hydrogen) atoms. The van der Waals surface area contributed by atoms with E-state index in [0.717, 1.165) is 30.8 Å². The Hall–Kier alpha value is -0.0800. The van der Waals surface area contributed by atoms with Crippen LogP contribution in [0.25, 0.3) is 0 Å². The first-order valence-electron chi connectivity index (χ1n) is 7.11. The zero-order valence-corrected chi connectivity index (χ0v) is 10.5. The van der Waals surface area contributed by atoms with Gasteiger partial charge < -0.3 is 5.11 Å². The van der Waals surface area contributed by atoms with Crippen molar-refractivity contribution < 1.29 is 5.11 Å². The van der Waals surface area contributed by atoms with Crippen LogP contribution >= 0.6 is 0 Å². The molecule has 0 heterocycles. The molecule has 0 amide bonds. The van der Waals surface area contributed by atoms with Crippen LogP contribution in [-0.4, -0.2) is 35.2 Å². The summed E-state index contributed by atoms with van der Waals surface area (Å²) in [6.45, 7) is 4.60. The Morgan fingerprint density at radius 2 is 1.56 bits per heavy atom. The Labute approximate surface area is 99.0 Å². The number of aliphatic hydroxyl groups is 1. The van der Waals surface area contributed by atoms with E-state index in [2.05, 4.69) is 11.8 Å². The fourth-order valence-corrected chi connectivity index (χ4v) is 5.30. The van der Waals surface area contributed by atoms with E-state index in [9.17, 15) is 5.11 Å². The van der Waals surface area contributed by atoms with Crippen molar-refractivity contribution >= 4 is 0 Å². The van der Waals surface area contributed by atoms with E-state index in [4.69, 9.17) is 0 Å². The van der Waals surface area contributed by atoms with Crippen molar-refractivity contribution in [2.45, 2.75) is 51.0 Å². The van der Waals surface area contributed by atoms with Gasteiger partial charge in [0.15, 0.2) is 0 Å². The molecular formula is C14H25NO. The number of hydrogen-bond donors (Lipinski definition) is 1. The summed E-state index contributed by atoms with van der Waals surface area (Å²) in [6, 6.07) is 0. The van der Waals surface area contributed by atoms with Crippen molar-refractivity contribution in [2.75, 3.05) is 19.7 Å². The molecule has 0 unspecified atom stereocenters. The van der Waals surface area contributed by atoms with E-state index < -0.39 is 0 Å². The molecular weight excluding hydrogens is 198 g/mol. The van der Waals surface area contributed by atoms with Crippen LogP contribution in [0.15, 0.2) is 0 Å². The highest BCUT2D eigenvalue weighted by Gasteiger charge is 2.52. The van der Waals surface area contributed by atoms with E-state index in [0.29, 0.717) is 12.1 Å². The fraction of sp³-hybridized carbons (Fsp3) is 1.00. The molecule has 92 valence electrons. The van der Waals surface area contributed by atoms with Crippen LogP contribution in [0, 0.1) is 17.8 Å². The number of β-amino-alcohol motifs (C(OH)–C–C–N with tert-alkyl or cyclic N) is 1. The highest BCUT2D eigenvalue weighted by Crippen LogP contribution is 2.57. The topological polar surface area (TPSA) is 23.5 Å². The minimum atomic E-state index is 0.329. The third-order valence-corrected chi connectivity index (χ3v) is 5.43. The van der Waals surface area contributed by atoms with Crippen LogP contribution in [0.3, 0.4) is 0 Å². The molecule has 0 atom stereocenters. The van der Waals surface area contributed by atoms with Gasteiger partial charge in [-0.25, -0.2) is 0 Å². The maximum Gasteiger partial charge on any atom is 0.0558 e. The quantitative estimate of drug-likeness (QED) is 0.790.